The summed E-state index contributed by atoms with van der Waals surface area (Å²) in [4.78, 5) is 92.3. The van der Waals surface area contributed by atoms with Gasteiger partial charge < -0.3 is 44.2 Å². The molecule has 2 aliphatic carbocycles. The van der Waals surface area contributed by atoms with E-state index in [4.69, 9.17) is 18.9 Å². The number of likely N-dealkylation sites (N-methyl/N-ethyl adjacent to an activating group) is 1. The smallest absolute Gasteiger partial charge is 0.428 e. The van der Waals surface area contributed by atoms with E-state index in [1.165, 1.54) is 24.2 Å². The summed E-state index contributed by atoms with van der Waals surface area (Å²) in [5.74, 6) is -3.12. The molecule has 4 fully saturated rings. The van der Waals surface area contributed by atoms with Crippen LogP contribution in [0.3, 0.4) is 0 Å². The summed E-state index contributed by atoms with van der Waals surface area (Å²) in [6.07, 6.45) is 8.18. The fourth-order valence-corrected chi connectivity index (χ4v) is 16.0. The molecule has 8 aliphatic rings. The Morgan fingerprint density at radius 1 is 0.896 bits per heavy atom. The topological polar surface area (TPSA) is 253 Å². The highest BCUT2D eigenvalue weighted by Crippen LogP contribution is 2.67. The monoisotopic (exact) mass is 1060 g/mol. The van der Waals surface area contributed by atoms with Crippen LogP contribution < -0.4 is 20.5 Å². The van der Waals surface area contributed by atoms with Gasteiger partial charge in [-0.2, -0.15) is 0 Å². The number of carbonyl (C=O) groups excluding carboxylic acids is 6. The number of aromatic amines is 1. The molecule has 412 valence electrons. The first kappa shape index (κ1) is 52.7. The number of nitrogens with zero attached hydrogens (tertiary/aromatic N) is 4. The first-order valence-electron chi connectivity index (χ1n) is 27.3. The summed E-state index contributed by atoms with van der Waals surface area (Å²) >= 11 is 0. The van der Waals surface area contributed by atoms with E-state index >= 15 is 9.59 Å². The molecule has 6 aliphatic heterocycles. The van der Waals surface area contributed by atoms with Crippen LogP contribution in [0.4, 0.5) is 10.5 Å². The SMILES string of the molecule is CC[C@]1(O)C[C@@H]2CN(CCc3c([nH]c4ccccc34)[C@@](C(=O)OC)(c3cc4c(cc3OC)N(C)[C@H]3[C@@](O)(C(=O)NNC(=O)OCOC(=O)C5CCC(CN6C(=O)C=CC6=O)CC5)[C@H](O)[C@]5(CC)C=CCN6CC[C@]43[C@@H]65)C2)C1. The van der Waals surface area contributed by atoms with Gasteiger partial charge in [-0.1, -0.05) is 44.2 Å². The van der Waals surface area contributed by atoms with Crippen LogP contribution in [0.2, 0.25) is 0 Å². The highest BCUT2D eigenvalue weighted by atomic mass is 16.7. The molecule has 11 rings (SSSR count). The Hall–Kier alpha value is -6.32. The van der Waals surface area contributed by atoms with Crippen molar-refractivity contribution in [3.63, 3.8) is 0 Å². The maximum absolute atomic E-state index is 15.5. The van der Waals surface area contributed by atoms with E-state index in [0.717, 1.165) is 22.0 Å². The number of fused-ring (bicyclic) bond motifs is 6. The molecule has 20 nitrogen and oxygen atoms in total. The second kappa shape index (κ2) is 19.5. The Bertz CT molecular complexity index is 2950. The number of para-hydroxylation sites is 1. The van der Waals surface area contributed by atoms with Gasteiger partial charge in [-0.15, -0.1) is 0 Å². The Labute approximate surface area is 447 Å². The number of aliphatic hydroxyl groups is 3. The molecule has 3 aromatic rings. The molecule has 2 saturated carbocycles. The highest BCUT2D eigenvalue weighted by Gasteiger charge is 2.79. The second-order valence-electron chi connectivity index (χ2n) is 23.1. The van der Waals surface area contributed by atoms with Crippen LogP contribution in [0.25, 0.3) is 10.9 Å². The van der Waals surface area contributed by atoms with Gasteiger partial charge in [-0.3, -0.25) is 44.1 Å². The van der Waals surface area contributed by atoms with Gasteiger partial charge in [0.1, 0.15) is 17.3 Å². The minimum absolute atomic E-state index is 0.0422. The first-order valence-corrected chi connectivity index (χ1v) is 27.3. The number of ether oxygens (including phenoxy) is 4. The molecule has 4 amide bonds. The van der Waals surface area contributed by atoms with Crippen molar-refractivity contribution >= 4 is 52.3 Å². The van der Waals surface area contributed by atoms with Gasteiger partial charge in [0, 0.05) is 103 Å². The summed E-state index contributed by atoms with van der Waals surface area (Å²) in [6.45, 7) is 6.36. The van der Waals surface area contributed by atoms with Crippen molar-refractivity contribution in [2.24, 2.45) is 23.2 Å². The van der Waals surface area contributed by atoms with Gasteiger partial charge >= 0.3 is 18.0 Å². The highest BCUT2D eigenvalue weighted by molar-refractivity contribution is 6.12. The average molecular weight is 1060 g/mol. The Kier molecular flexibility index (Phi) is 13.4. The van der Waals surface area contributed by atoms with Crippen LogP contribution in [0.15, 0.2) is 60.7 Å². The van der Waals surface area contributed by atoms with Gasteiger partial charge in [-0.05, 0) is 106 Å². The predicted octanol–water partition coefficient (Wildman–Crippen LogP) is 3.24. The van der Waals surface area contributed by atoms with Crippen LogP contribution >= 0.6 is 0 Å². The molecular weight excluding hydrogens is 991 g/mol. The Balaban J connectivity index is 0.919. The lowest BCUT2D eigenvalue weighted by atomic mass is 9.47. The lowest BCUT2D eigenvalue weighted by molar-refractivity contribution is -0.204. The maximum atomic E-state index is 15.5. The van der Waals surface area contributed by atoms with Crippen LogP contribution in [0.5, 0.6) is 5.75 Å². The molecule has 77 heavy (non-hydrogen) atoms. The van der Waals surface area contributed by atoms with Gasteiger partial charge in [0.25, 0.3) is 17.7 Å². The first-order chi connectivity index (χ1) is 36.9. The number of hydrazine groups is 1. The maximum Gasteiger partial charge on any atom is 0.428 e. The molecule has 7 heterocycles. The van der Waals surface area contributed by atoms with Crippen molar-refractivity contribution in [2.45, 2.75) is 118 Å². The molecule has 2 aromatic carbocycles. The molecule has 0 radical (unpaired) electrons. The number of nitrogens with one attached hydrogen (secondary N) is 3. The molecular formula is C57H71N7O13. The van der Waals surface area contributed by atoms with Crippen LogP contribution in [-0.4, -0.2) is 167 Å². The number of methoxy groups -OCH3 is 2. The summed E-state index contributed by atoms with van der Waals surface area (Å²) in [5.41, 5.74) is 1.58. The average Bonchev–Trinajstić information content (AvgIpc) is 3.84. The third-order valence-electron chi connectivity index (χ3n) is 19.4. The number of aromatic nitrogens is 1. The number of anilines is 1. The number of amides is 4. The van der Waals surface area contributed by atoms with Crippen molar-refractivity contribution in [2.75, 3.05) is 72.2 Å². The zero-order valence-electron chi connectivity index (χ0n) is 44.5. The van der Waals surface area contributed by atoms with Crippen LogP contribution in [0.1, 0.15) is 94.0 Å². The lowest BCUT2D eigenvalue weighted by Gasteiger charge is -2.63. The van der Waals surface area contributed by atoms with E-state index in [9.17, 15) is 34.5 Å². The largest absolute Gasteiger partial charge is 0.496 e. The van der Waals surface area contributed by atoms with Crippen LogP contribution in [0, 0.1) is 23.2 Å². The van der Waals surface area contributed by atoms with Crippen molar-refractivity contribution < 1.29 is 63.0 Å². The zero-order chi connectivity index (χ0) is 54.4. The van der Waals surface area contributed by atoms with E-state index < -0.39 is 82.3 Å². The number of H-pyrrole nitrogens is 1. The number of benzene rings is 2. The Morgan fingerprint density at radius 3 is 2.36 bits per heavy atom. The number of rotatable bonds is 11. The zero-order valence-corrected chi connectivity index (χ0v) is 44.5. The number of imide groups is 1. The van der Waals surface area contributed by atoms with E-state index in [1.54, 1.807) is 14.2 Å². The number of esters is 2. The standard InChI is InChI=1S/C57H71N7O13/c1-6-53(72)27-34-28-56(51(70)75-5,45-37(19-23-62(29-34)31-53)36-11-8-9-12-40(36)58-45)39-25-38-41(26-42(39)74-4)61(3)48-55(38)21-24-63-22-10-20-54(7-2,47(55)63)49(68)57(48,73)50(69)59-60-52(71)77-32-76-46(67)35-15-13-33(14-16-35)30-64-43(65)17-18-44(64)66/h8-12,17-18,20,25-26,33-35,47-49,58,68,72-73H,6-7,13-16,19,21-24,27-32H2,1-5H3,(H,59,69)(H,60,71)/t33?,34-,35?,47-,48+,49+,53-,54+,55+,56-,57-/m0/s1. The number of hydrogen-bond donors (Lipinski definition) is 6. The molecule has 2 saturated heterocycles. The molecule has 1 aromatic heterocycles. The van der Waals surface area contributed by atoms with Crippen molar-refractivity contribution in [1.82, 2.24) is 30.5 Å². The van der Waals surface area contributed by atoms with Gasteiger partial charge in [-0.25, -0.2) is 10.2 Å². The van der Waals surface area contributed by atoms with E-state index in [1.807, 2.05) is 61.2 Å². The molecule has 2 bridgehead atoms. The van der Waals surface area contributed by atoms with Gasteiger partial charge in [0.2, 0.25) is 6.79 Å². The summed E-state index contributed by atoms with van der Waals surface area (Å²) in [7, 11) is 4.72. The molecule has 1 unspecified atom stereocenters. The van der Waals surface area contributed by atoms with Crippen molar-refractivity contribution in [3.8, 4) is 5.75 Å². The summed E-state index contributed by atoms with van der Waals surface area (Å²) in [6, 6.07) is 10.3. The third kappa shape index (κ3) is 8.00. The van der Waals surface area contributed by atoms with E-state index in [-0.39, 0.29) is 36.6 Å². The minimum Gasteiger partial charge on any atom is -0.496 e. The van der Waals surface area contributed by atoms with Gasteiger partial charge in [0.15, 0.2) is 5.60 Å². The van der Waals surface area contributed by atoms with Gasteiger partial charge in [0.05, 0.1) is 31.8 Å². The fraction of sp³-hybridized carbons (Fsp3) is 0.579. The van der Waals surface area contributed by atoms with E-state index in [2.05, 4.69) is 31.7 Å². The predicted molar refractivity (Wildman–Crippen MR) is 279 cm³/mol. The second-order valence-corrected chi connectivity index (χ2v) is 23.1. The van der Waals surface area contributed by atoms with Crippen molar-refractivity contribution in [3.05, 3.63) is 83.1 Å². The molecule has 6 N–H and O–H groups in total. The minimum atomic E-state index is -2.62. The molecule has 1 spiro atoms. The lowest BCUT2D eigenvalue weighted by Crippen LogP contribution is -2.82. The number of carbonyl (C=O) groups is 6. The molecule has 10 atom stereocenters. The quantitative estimate of drug-likeness (QED) is 0.0530. The van der Waals surface area contributed by atoms with Crippen molar-refractivity contribution in [1.29, 1.82) is 0 Å². The fourth-order valence-electron chi connectivity index (χ4n) is 16.0. The van der Waals surface area contributed by atoms with Crippen LogP contribution in [-0.2, 0) is 55.4 Å². The normalized spacial score (nSPS) is 35.0. The van der Waals surface area contributed by atoms with E-state index in [0.29, 0.717) is 113 Å². The summed E-state index contributed by atoms with van der Waals surface area (Å²) in [5, 5.41) is 39.5. The third-order valence-corrected chi connectivity index (χ3v) is 19.4. The number of piperidine rings is 1. The molecule has 20 heteroatoms. The Morgan fingerprint density at radius 2 is 1.65 bits per heavy atom. The number of aliphatic hydroxyl groups excluding tert-OH is 1. The summed E-state index contributed by atoms with van der Waals surface area (Å²) < 4.78 is 22.8. The number of hydrogen-bond acceptors (Lipinski definition) is 16.